The zero-order chi connectivity index (χ0) is 18.8. The van der Waals surface area contributed by atoms with Crippen LogP contribution in [0.2, 0.25) is 0 Å². The Balaban J connectivity index is 1.58. The average molecular weight is 362 g/mol. The summed E-state index contributed by atoms with van der Waals surface area (Å²) < 4.78 is 7.00. The monoisotopic (exact) mass is 362 g/mol. The number of nitrogen functional groups attached to an aromatic ring is 1. The van der Waals surface area contributed by atoms with Crippen molar-refractivity contribution in [3.8, 4) is 16.9 Å². The van der Waals surface area contributed by atoms with Gasteiger partial charge in [0.15, 0.2) is 0 Å². The third-order valence-corrected chi connectivity index (χ3v) is 4.71. The standard InChI is InChI=1S/C21H22N4O2/c1-15-3-2-4-17(13-15)19-14-20(22)25(23-19)18-7-5-16(6-8-18)21(26)24-9-11-27-12-10-24/h2-8,13-14H,9-12,22H2,1H3. The number of hydrogen-bond acceptors (Lipinski definition) is 4. The highest BCUT2D eigenvalue weighted by Crippen LogP contribution is 2.24. The van der Waals surface area contributed by atoms with Crippen LogP contribution in [-0.4, -0.2) is 46.9 Å². The van der Waals surface area contributed by atoms with Gasteiger partial charge >= 0.3 is 0 Å². The van der Waals surface area contributed by atoms with Crippen molar-refractivity contribution < 1.29 is 9.53 Å². The normalized spacial score (nSPS) is 14.3. The fourth-order valence-electron chi connectivity index (χ4n) is 3.24. The van der Waals surface area contributed by atoms with Gasteiger partial charge in [-0.25, -0.2) is 4.68 Å². The summed E-state index contributed by atoms with van der Waals surface area (Å²) in [7, 11) is 0. The Morgan fingerprint density at radius 3 is 2.52 bits per heavy atom. The van der Waals surface area contributed by atoms with Gasteiger partial charge in [0.1, 0.15) is 5.82 Å². The first kappa shape index (κ1) is 17.3. The summed E-state index contributed by atoms with van der Waals surface area (Å²) in [5.74, 6) is 0.581. The summed E-state index contributed by atoms with van der Waals surface area (Å²) in [4.78, 5) is 14.4. The number of nitrogens with zero attached hydrogens (tertiary/aromatic N) is 3. The summed E-state index contributed by atoms with van der Waals surface area (Å²) in [6, 6.07) is 17.4. The molecule has 1 fully saturated rings. The van der Waals surface area contributed by atoms with E-state index < -0.39 is 0 Å². The molecule has 0 bridgehead atoms. The van der Waals surface area contributed by atoms with Crippen molar-refractivity contribution in [3.63, 3.8) is 0 Å². The number of ether oxygens (including phenoxy) is 1. The first-order chi connectivity index (χ1) is 13.1. The van der Waals surface area contributed by atoms with Gasteiger partial charge < -0.3 is 15.4 Å². The van der Waals surface area contributed by atoms with Gasteiger partial charge in [-0.1, -0.05) is 23.8 Å². The van der Waals surface area contributed by atoms with Crippen LogP contribution in [0, 0.1) is 6.92 Å². The number of aryl methyl sites for hydroxylation is 1. The van der Waals surface area contributed by atoms with Crippen LogP contribution in [0.15, 0.2) is 54.6 Å². The topological polar surface area (TPSA) is 73.4 Å². The molecule has 2 heterocycles. The van der Waals surface area contributed by atoms with Crippen LogP contribution in [0.5, 0.6) is 0 Å². The predicted octanol–water partition coefficient (Wildman–Crippen LogP) is 2.90. The second kappa shape index (κ2) is 7.25. The Kier molecular flexibility index (Phi) is 4.64. The molecule has 138 valence electrons. The van der Waals surface area contributed by atoms with Crippen LogP contribution in [0.25, 0.3) is 16.9 Å². The quantitative estimate of drug-likeness (QED) is 0.777. The zero-order valence-electron chi connectivity index (χ0n) is 15.3. The number of rotatable bonds is 3. The predicted molar refractivity (Wildman–Crippen MR) is 105 cm³/mol. The van der Waals surface area contributed by atoms with Crippen molar-refractivity contribution >= 4 is 11.7 Å². The van der Waals surface area contributed by atoms with Gasteiger partial charge in [0.25, 0.3) is 5.91 Å². The molecule has 2 aromatic carbocycles. The maximum atomic E-state index is 12.6. The lowest BCUT2D eigenvalue weighted by atomic mass is 10.1. The molecule has 0 radical (unpaired) electrons. The van der Waals surface area contributed by atoms with Crippen molar-refractivity contribution in [3.05, 3.63) is 65.7 Å². The van der Waals surface area contributed by atoms with Gasteiger partial charge in [0.05, 0.1) is 24.6 Å². The molecule has 1 aliphatic rings. The van der Waals surface area contributed by atoms with Gasteiger partial charge in [0.2, 0.25) is 0 Å². The van der Waals surface area contributed by atoms with E-state index in [2.05, 4.69) is 11.2 Å². The minimum absolute atomic E-state index is 0.0266. The van der Waals surface area contributed by atoms with Crippen molar-refractivity contribution in [1.29, 1.82) is 0 Å². The molecule has 1 amide bonds. The van der Waals surface area contributed by atoms with Gasteiger partial charge in [0, 0.05) is 30.3 Å². The minimum atomic E-state index is 0.0266. The lowest BCUT2D eigenvalue weighted by molar-refractivity contribution is 0.0303. The highest BCUT2D eigenvalue weighted by Gasteiger charge is 2.18. The smallest absolute Gasteiger partial charge is 0.254 e. The maximum Gasteiger partial charge on any atom is 0.254 e. The van der Waals surface area contributed by atoms with Crippen LogP contribution >= 0.6 is 0 Å². The molecule has 0 spiro atoms. The molecule has 4 rings (SSSR count). The molecule has 0 saturated carbocycles. The zero-order valence-corrected chi connectivity index (χ0v) is 15.3. The van der Waals surface area contributed by atoms with Crippen LogP contribution in [-0.2, 0) is 4.74 Å². The third kappa shape index (κ3) is 3.57. The van der Waals surface area contributed by atoms with Gasteiger partial charge in [-0.2, -0.15) is 5.10 Å². The molecule has 2 N–H and O–H groups in total. The van der Waals surface area contributed by atoms with E-state index in [1.54, 1.807) is 4.68 Å². The lowest BCUT2D eigenvalue weighted by Gasteiger charge is -2.26. The Morgan fingerprint density at radius 1 is 1.07 bits per heavy atom. The summed E-state index contributed by atoms with van der Waals surface area (Å²) >= 11 is 0. The minimum Gasteiger partial charge on any atom is -0.384 e. The molecule has 1 aromatic heterocycles. The van der Waals surface area contributed by atoms with E-state index in [0.29, 0.717) is 37.7 Å². The SMILES string of the molecule is Cc1cccc(-c2cc(N)n(-c3ccc(C(=O)N4CCOCC4)cc3)n2)c1. The Hall–Kier alpha value is -3.12. The molecular formula is C21H22N4O2. The van der Waals surface area contributed by atoms with Gasteiger partial charge in [-0.05, 0) is 37.3 Å². The first-order valence-corrected chi connectivity index (χ1v) is 9.02. The molecule has 27 heavy (non-hydrogen) atoms. The van der Waals surface area contributed by atoms with Crippen molar-refractivity contribution in [2.45, 2.75) is 6.92 Å². The number of anilines is 1. The Labute approximate surface area is 158 Å². The molecule has 1 saturated heterocycles. The van der Waals surface area contributed by atoms with Crippen molar-refractivity contribution in [1.82, 2.24) is 14.7 Å². The molecular weight excluding hydrogens is 340 g/mol. The highest BCUT2D eigenvalue weighted by atomic mass is 16.5. The van der Waals surface area contributed by atoms with Crippen molar-refractivity contribution in [2.24, 2.45) is 0 Å². The number of carbonyl (C=O) groups is 1. The van der Waals surface area contributed by atoms with Gasteiger partial charge in [-0.15, -0.1) is 0 Å². The molecule has 0 unspecified atom stereocenters. The highest BCUT2D eigenvalue weighted by molar-refractivity contribution is 5.94. The third-order valence-electron chi connectivity index (χ3n) is 4.71. The molecule has 6 nitrogen and oxygen atoms in total. The molecule has 1 aliphatic heterocycles. The van der Waals surface area contributed by atoms with E-state index in [1.807, 2.05) is 60.4 Å². The van der Waals surface area contributed by atoms with E-state index in [1.165, 1.54) is 5.56 Å². The maximum absolute atomic E-state index is 12.6. The summed E-state index contributed by atoms with van der Waals surface area (Å²) in [6.45, 7) is 4.50. The van der Waals surface area contributed by atoms with E-state index in [-0.39, 0.29) is 5.91 Å². The number of amides is 1. The van der Waals surface area contributed by atoms with Crippen LogP contribution in [0.1, 0.15) is 15.9 Å². The first-order valence-electron chi connectivity index (χ1n) is 9.02. The Bertz CT molecular complexity index is 957. The summed E-state index contributed by atoms with van der Waals surface area (Å²) in [5.41, 5.74) is 10.7. The second-order valence-electron chi connectivity index (χ2n) is 6.69. The number of nitrogens with two attached hydrogens (primary N) is 1. The summed E-state index contributed by atoms with van der Waals surface area (Å²) in [6.07, 6.45) is 0. The fourth-order valence-corrected chi connectivity index (χ4v) is 3.24. The number of morpholine rings is 1. The lowest BCUT2D eigenvalue weighted by Crippen LogP contribution is -2.40. The van der Waals surface area contributed by atoms with E-state index in [4.69, 9.17) is 10.5 Å². The van der Waals surface area contributed by atoms with Crippen LogP contribution in [0.4, 0.5) is 5.82 Å². The molecule has 0 atom stereocenters. The van der Waals surface area contributed by atoms with Crippen LogP contribution < -0.4 is 5.73 Å². The number of benzene rings is 2. The van der Waals surface area contributed by atoms with E-state index >= 15 is 0 Å². The van der Waals surface area contributed by atoms with Crippen LogP contribution in [0.3, 0.4) is 0 Å². The second-order valence-corrected chi connectivity index (χ2v) is 6.69. The summed E-state index contributed by atoms with van der Waals surface area (Å²) in [5, 5.41) is 4.64. The fraction of sp³-hybridized carbons (Fsp3) is 0.238. The molecule has 6 heteroatoms. The van der Waals surface area contributed by atoms with E-state index in [9.17, 15) is 4.79 Å². The Morgan fingerprint density at radius 2 is 1.81 bits per heavy atom. The largest absolute Gasteiger partial charge is 0.384 e. The van der Waals surface area contributed by atoms with Crippen molar-refractivity contribution in [2.75, 3.05) is 32.0 Å². The number of hydrogen-bond donors (Lipinski definition) is 1. The molecule has 3 aromatic rings. The number of carbonyl (C=O) groups excluding carboxylic acids is 1. The molecule has 0 aliphatic carbocycles. The van der Waals surface area contributed by atoms with E-state index in [0.717, 1.165) is 16.9 Å². The number of aromatic nitrogens is 2. The van der Waals surface area contributed by atoms with Gasteiger partial charge in [-0.3, -0.25) is 4.79 Å². The average Bonchev–Trinajstić information content (AvgIpc) is 3.10.